The van der Waals surface area contributed by atoms with Crippen molar-refractivity contribution in [3.63, 3.8) is 0 Å². The molecule has 0 fully saturated rings. The molecule has 0 unspecified atom stereocenters. The van der Waals surface area contributed by atoms with Gasteiger partial charge in [-0.05, 0) is 36.7 Å². The molecule has 2 aromatic rings. The minimum absolute atomic E-state index is 0. The molecule has 5 heteroatoms. The number of para-hydroxylation sites is 1. The van der Waals surface area contributed by atoms with Crippen molar-refractivity contribution in [3.05, 3.63) is 58.6 Å². The molecule has 0 spiro atoms. The molecule has 1 N–H and O–H groups in total. The zero-order valence-electron chi connectivity index (χ0n) is 15.6. The van der Waals surface area contributed by atoms with Crippen molar-refractivity contribution >= 4 is 24.0 Å². The van der Waals surface area contributed by atoms with Gasteiger partial charge in [0.15, 0.2) is 11.5 Å². The molecule has 0 aliphatic carbocycles. The molecule has 0 aromatic heterocycles. The number of rotatable bonds is 11. The SMILES string of the molecule is CCCCCCNCc1cccc(OC)c1OCc1ccc(Cl)cc1.Cl. The second-order valence-electron chi connectivity index (χ2n) is 6.10. The summed E-state index contributed by atoms with van der Waals surface area (Å²) in [7, 11) is 1.67. The summed E-state index contributed by atoms with van der Waals surface area (Å²) in [5, 5.41) is 4.24. The summed E-state index contributed by atoms with van der Waals surface area (Å²) in [6.45, 7) is 4.52. The van der Waals surface area contributed by atoms with E-state index >= 15 is 0 Å². The molecular formula is C21H29Cl2NO2. The van der Waals surface area contributed by atoms with E-state index in [1.54, 1.807) is 7.11 Å². The van der Waals surface area contributed by atoms with Gasteiger partial charge in [-0.2, -0.15) is 0 Å². The molecule has 0 bridgehead atoms. The highest BCUT2D eigenvalue weighted by Crippen LogP contribution is 2.32. The molecule has 0 saturated carbocycles. The minimum atomic E-state index is 0. The first kappa shape index (κ1) is 22.6. The van der Waals surface area contributed by atoms with Crippen LogP contribution in [0.1, 0.15) is 43.7 Å². The molecule has 3 nitrogen and oxygen atoms in total. The molecule has 0 atom stereocenters. The number of halogens is 2. The maximum atomic E-state index is 6.07. The summed E-state index contributed by atoms with van der Waals surface area (Å²) in [4.78, 5) is 0. The van der Waals surface area contributed by atoms with Crippen molar-refractivity contribution < 1.29 is 9.47 Å². The average Bonchev–Trinajstić information content (AvgIpc) is 2.64. The maximum absolute atomic E-state index is 6.07. The number of benzene rings is 2. The van der Waals surface area contributed by atoms with Crippen LogP contribution in [0, 0.1) is 0 Å². The van der Waals surface area contributed by atoms with Gasteiger partial charge in [0.05, 0.1) is 7.11 Å². The summed E-state index contributed by atoms with van der Waals surface area (Å²) in [6, 6.07) is 13.7. The predicted molar refractivity (Wildman–Crippen MR) is 112 cm³/mol. The summed E-state index contributed by atoms with van der Waals surface area (Å²) >= 11 is 5.94. The highest BCUT2D eigenvalue weighted by Gasteiger charge is 2.10. The number of hydrogen-bond acceptors (Lipinski definition) is 3. The Morgan fingerprint density at radius 2 is 1.77 bits per heavy atom. The monoisotopic (exact) mass is 397 g/mol. The molecule has 2 rings (SSSR count). The Morgan fingerprint density at radius 1 is 1.00 bits per heavy atom. The van der Waals surface area contributed by atoms with E-state index in [0.717, 1.165) is 40.7 Å². The molecule has 0 saturated heterocycles. The van der Waals surface area contributed by atoms with Crippen molar-refractivity contribution in [2.45, 2.75) is 45.8 Å². The third-order valence-corrected chi connectivity index (χ3v) is 4.35. The average molecular weight is 398 g/mol. The van der Waals surface area contributed by atoms with Crippen LogP contribution in [0.4, 0.5) is 0 Å². The number of methoxy groups -OCH3 is 1. The van der Waals surface area contributed by atoms with Crippen LogP contribution in [0.3, 0.4) is 0 Å². The number of ether oxygens (including phenoxy) is 2. The van der Waals surface area contributed by atoms with Crippen molar-refractivity contribution in [2.75, 3.05) is 13.7 Å². The fourth-order valence-electron chi connectivity index (χ4n) is 2.66. The van der Waals surface area contributed by atoms with Gasteiger partial charge in [-0.15, -0.1) is 12.4 Å². The van der Waals surface area contributed by atoms with E-state index in [1.165, 1.54) is 25.7 Å². The Kier molecular flexibility index (Phi) is 11.2. The van der Waals surface area contributed by atoms with E-state index in [-0.39, 0.29) is 12.4 Å². The lowest BCUT2D eigenvalue weighted by atomic mass is 10.1. The highest BCUT2D eigenvalue weighted by atomic mass is 35.5. The summed E-state index contributed by atoms with van der Waals surface area (Å²) in [6.07, 6.45) is 5.05. The van der Waals surface area contributed by atoms with Crippen molar-refractivity contribution in [1.82, 2.24) is 5.32 Å². The maximum Gasteiger partial charge on any atom is 0.166 e. The van der Waals surface area contributed by atoms with Gasteiger partial charge in [0.2, 0.25) is 0 Å². The van der Waals surface area contributed by atoms with Crippen molar-refractivity contribution in [2.24, 2.45) is 0 Å². The van der Waals surface area contributed by atoms with Crippen molar-refractivity contribution in [1.29, 1.82) is 0 Å². The molecule has 0 aliphatic heterocycles. The largest absolute Gasteiger partial charge is 0.493 e. The van der Waals surface area contributed by atoms with Gasteiger partial charge in [-0.3, -0.25) is 0 Å². The summed E-state index contributed by atoms with van der Waals surface area (Å²) in [5.41, 5.74) is 2.19. The molecule has 144 valence electrons. The molecule has 2 aromatic carbocycles. The number of nitrogens with one attached hydrogen (secondary N) is 1. The molecular weight excluding hydrogens is 369 g/mol. The molecule has 0 radical (unpaired) electrons. The van der Waals surface area contributed by atoms with E-state index in [4.69, 9.17) is 21.1 Å². The lowest BCUT2D eigenvalue weighted by molar-refractivity contribution is 0.280. The van der Waals surface area contributed by atoms with Crippen LogP contribution >= 0.6 is 24.0 Å². The van der Waals surface area contributed by atoms with E-state index in [0.29, 0.717) is 6.61 Å². The Hall–Kier alpha value is -1.42. The van der Waals surface area contributed by atoms with E-state index in [2.05, 4.69) is 18.3 Å². The highest BCUT2D eigenvalue weighted by molar-refractivity contribution is 6.30. The second-order valence-corrected chi connectivity index (χ2v) is 6.54. The molecule has 0 amide bonds. The van der Waals surface area contributed by atoms with Crippen LogP contribution in [0.5, 0.6) is 11.5 Å². The molecule has 26 heavy (non-hydrogen) atoms. The number of unbranched alkanes of at least 4 members (excludes halogenated alkanes) is 3. The Labute approximate surface area is 168 Å². The van der Waals surface area contributed by atoms with Crippen LogP contribution in [0.15, 0.2) is 42.5 Å². The molecule has 0 heterocycles. The van der Waals surface area contributed by atoms with Crippen LogP contribution in [-0.4, -0.2) is 13.7 Å². The Bertz CT molecular complexity index is 632. The quantitative estimate of drug-likeness (QED) is 0.470. The lowest BCUT2D eigenvalue weighted by Gasteiger charge is -2.16. The normalized spacial score (nSPS) is 10.3. The van der Waals surface area contributed by atoms with Gasteiger partial charge in [-0.1, -0.05) is 62.1 Å². The Morgan fingerprint density at radius 3 is 2.46 bits per heavy atom. The van der Waals surface area contributed by atoms with Crippen LogP contribution < -0.4 is 14.8 Å². The van der Waals surface area contributed by atoms with Gasteiger partial charge in [0, 0.05) is 17.1 Å². The second kappa shape index (κ2) is 12.9. The first-order valence-electron chi connectivity index (χ1n) is 8.98. The predicted octanol–water partition coefficient (Wildman–Crippen LogP) is 6.02. The van der Waals surface area contributed by atoms with E-state index in [1.807, 2.05) is 36.4 Å². The van der Waals surface area contributed by atoms with E-state index < -0.39 is 0 Å². The van der Waals surface area contributed by atoms with Crippen LogP contribution in [0.2, 0.25) is 5.02 Å². The van der Waals surface area contributed by atoms with Crippen molar-refractivity contribution in [3.8, 4) is 11.5 Å². The first-order valence-corrected chi connectivity index (χ1v) is 9.36. The first-order chi connectivity index (χ1) is 12.2. The third-order valence-electron chi connectivity index (χ3n) is 4.10. The van der Waals surface area contributed by atoms with Gasteiger partial charge < -0.3 is 14.8 Å². The Balaban J connectivity index is 0.00000338. The van der Waals surface area contributed by atoms with Crippen LogP contribution in [0.25, 0.3) is 0 Å². The smallest absolute Gasteiger partial charge is 0.166 e. The van der Waals surface area contributed by atoms with E-state index in [9.17, 15) is 0 Å². The fraction of sp³-hybridized carbons (Fsp3) is 0.429. The van der Waals surface area contributed by atoms with Gasteiger partial charge in [0.25, 0.3) is 0 Å². The molecule has 0 aliphatic rings. The fourth-order valence-corrected chi connectivity index (χ4v) is 2.79. The van der Waals surface area contributed by atoms with Gasteiger partial charge >= 0.3 is 0 Å². The lowest BCUT2D eigenvalue weighted by Crippen LogP contribution is -2.15. The third kappa shape index (κ3) is 7.45. The standard InChI is InChI=1S/C21H28ClNO2.ClH/c1-3-4-5-6-14-23-15-18-8-7-9-20(24-2)21(18)25-16-17-10-12-19(22)13-11-17;/h7-13,23H,3-6,14-16H2,1-2H3;1H. The van der Waals surface area contributed by atoms with Gasteiger partial charge in [-0.25, -0.2) is 0 Å². The summed E-state index contributed by atoms with van der Waals surface area (Å²) in [5.74, 6) is 1.57. The topological polar surface area (TPSA) is 30.5 Å². The van der Waals surface area contributed by atoms with Gasteiger partial charge in [0.1, 0.15) is 6.61 Å². The zero-order valence-corrected chi connectivity index (χ0v) is 17.2. The number of hydrogen-bond donors (Lipinski definition) is 1. The zero-order chi connectivity index (χ0) is 17.9. The van der Waals surface area contributed by atoms with Crippen LogP contribution in [-0.2, 0) is 13.2 Å². The minimum Gasteiger partial charge on any atom is -0.493 e. The summed E-state index contributed by atoms with van der Waals surface area (Å²) < 4.78 is 11.6.